The molecule has 0 atom stereocenters. The fourth-order valence-corrected chi connectivity index (χ4v) is 2.29. The van der Waals surface area contributed by atoms with Crippen LogP contribution in [-0.4, -0.2) is 25.4 Å². The summed E-state index contributed by atoms with van der Waals surface area (Å²) in [5.41, 5.74) is 2.45. The van der Waals surface area contributed by atoms with Gasteiger partial charge < -0.3 is 9.57 Å². The van der Waals surface area contributed by atoms with E-state index in [0.717, 1.165) is 50.7 Å². The number of carbonyl (C=O) groups excluding carboxylic acids is 1. The molecule has 0 aliphatic heterocycles. The molecule has 1 aliphatic rings. The lowest BCUT2D eigenvalue weighted by Crippen LogP contribution is -2.03. The SMILES string of the molecule is CCOC(=O)CCCCCCC1=CCCC1=NOC. The van der Waals surface area contributed by atoms with Crippen molar-refractivity contribution in [2.75, 3.05) is 13.7 Å². The van der Waals surface area contributed by atoms with E-state index >= 15 is 0 Å². The molecule has 0 bridgehead atoms. The van der Waals surface area contributed by atoms with Crippen LogP contribution in [0.4, 0.5) is 0 Å². The van der Waals surface area contributed by atoms with Gasteiger partial charge in [0.25, 0.3) is 0 Å². The van der Waals surface area contributed by atoms with Gasteiger partial charge in [0, 0.05) is 6.42 Å². The molecular weight excluding hydrogens is 242 g/mol. The largest absolute Gasteiger partial charge is 0.466 e. The van der Waals surface area contributed by atoms with Gasteiger partial charge in [-0.3, -0.25) is 4.79 Å². The topological polar surface area (TPSA) is 47.9 Å². The molecule has 0 saturated carbocycles. The highest BCUT2D eigenvalue weighted by atomic mass is 16.6. The zero-order valence-electron chi connectivity index (χ0n) is 12.1. The van der Waals surface area contributed by atoms with Crippen LogP contribution in [0.1, 0.15) is 58.3 Å². The van der Waals surface area contributed by atoms with E-state index in [0.29, 0.717) is 13.0 Å². The highest BCUT2D eigenvalue weighted by Gasteiger charge is 2.13. The number of unbranched alkanes of at least 4 members (excludes halogenated alkanes) is 3. The van der Waals surface area contributed by atoms with E-state index in [1.807, 2.05) is 6.92 Å². The maximum absolute atomic E-state index is 11.1. The Labute approximate surface area is 115 Å². The number of hydrogen-bond donors (Lipinski definition) is 0. The minimum Gasteiger partial charge on any atom is -0.466 e. The van der Waals surface area contributed by atoms with Crippen molar-refractivity contribution in [1.29, 1.82) is 0 Å². The third-order valence-electron chi connectivity index (χ3n) is 3.23. The van der Waals surface area contributed by atoms with Gasteiger partial charge in [-0.05, 0) is 44.6 Å². The van der Waals surface area contributed by atoms with Gasteiger partial charge in [0.15, 0.2) is 0 Å². The summed E-state index contributed by atoms with van der Waals surface area (Å²) in [6.07, 6.45) is 10.3. The molecule has 0 spiro atoms. The van der Waals surface area contributed by atoms with E-state index in [4.69, 9.17) is 9.57 Å². The van der Waals surface area contributed by atoms with Crippen LogP contribution in [0, 0.1) is 0 Å². The fraction of sp³-hybridized carbons (Fsp3) is 0.733. The van der Waals surface area contributed by atoms with Crippen molar-refractivity contribution >= 4 is 11.7 Å². The number of ether oxygens (including phenoxy) is 1. The van der Waals surface area contributed by atoms with Crippen LogP contribution >= 0.6 is 0 Å². The van der Waals surface area contributed by atoms with Gasteiger partial charge in [-0.25, -0.2) is 0 Å². The predicted octanol–water partition coefficient (Wildman–Crippen LogP) is 3.61. The van der Waals surface area contributed by atoms with Crippen LogP contribution < -0.4 is 0 Å². The Morgan fingerprint density at radius 1 is 1.32 bits per heavy atom. The Morgan fingerprint density at radius 2 is 2.11 bits per heavy atom. The number of oxime groups is 1. The second-order valence-corrected chi connectivity index (χ2v) is 4.71. The summed E-state index contributed by atoms with van der Waals surface area (Å²) in [4.78, 5) is 16.0. The summed E-state index contributed by atoms with van der Waals surface area (Å²) in [6.45, 7) is 2.32. The molecule has 0 N–H and O–H groups in total. The third kappa shape index (κ3) is 6.41. The number of rotatable bonds is 9. The minimum absolute atomic E-state index is 0.0736. The molecule has 19 heavy (non-hydrogen) atoms. The summed E-state index contributed by atoms with van der Waals surface area (Å²) in [5, 5.41) is 4.05. The molecule has 0 radical (unpaired) electrons. The molecule has 1 rings (SSSR count). The van der Waals surface area contributed by atoms with Crippen molar-refractivity contribution in [3.63, 3.8) is 0 Å². The van der Waals surface area contributed by atoms with Crippen molar-refractivity contribution in [2.24, 2.45) is 5.16 Å². The molecule has 0 saturated heterocycles. The summed E-state index contributed by atoms with van der Waals surface area (Å²) < 4.78 is 4.89. The van der Waals surface area contributed by atoms with E-state index in [-0.39, 0.29) is 5.97 Å². The fourth-order valence-electron chi connectivity index (χ4n) is 2.29. The molecule has 0 aromatic heterocycles. The lowest BCUT2D eigenvalue weighted by Gasteiger charge is -2.04. The number of nitrogens with zero attached hydrogens (tertiary/aromatic N) is 1. The standard InChI is InChI=1S/C15H25NO3/c1-3-19-15(17)12-7-5-4-6-9-13-10-8-11-14(13)16-18-2/h10H,3-9,11-12H2,1-2H3. The smallest absolute Gasteiger partial charge is 0.305 e. The molecule has 4 nitrogen and oxygen atoms in total. The zero-order chi connectivity index (χ0) is 13.9. The van der Waals surface area contributed by atoms with Crippen LogP contribution in [0.5, 0.6) is 0 Å². The van der Waals surface area contributed by atoms with Crippen molar-refractivity contribution in [3.8, 4) is 0 Å². The van der Waals surface area contributed by atoms with Crippen LogP contribution in [0.3, 0.4) is 0 Å². The highest BCUT2D eigenvalue weighted by Crippen LogP contribution is 2.21. The lowest BCUT2D eigenvalue weighted by atomic mass is 10.0. The maximum atomic E-state index is 11.1. The van der Waals surface area contributed by atoms with Crippen molar-refractivity contribution < 1.29 is 14.4 Å². The maximum Gasteiger partial charge on any atom is 0.305 e. The van der Waals surface area contributed by atoms with Gasteiger partial charge in [0.05, 0.1) is 12.3 Å². The molecular formula is C15H25NO3. The highest BCUT2D eigenvalue weighted by molar-refractivity contribution is 6.01. The van der Waals surface area contributed by atoms with E-state index < -0.39 is 0 Å². The summed E-state index contributed by atoms with van der Waals surface area (Å²) >= 11 is 0. The van der Waals surface area contributed by atoms with Gasteiger partial charge >= 0.3 is 5.97 Å². The first-order chi connectivity index (χ1) is 9.27. The average molecular weight is 267 g/mol. The summed E-state index contributed by atoms with van der Waals surface area (Å²) in [6, 6.07) is 0. The molecule has 4 heteroatoms. The van der Waals surface area contributed by atoms with E-state index in [1.165, 1.54) is 5.57 Å². The first-order valence-electron chi connectivity index (χ1n) is 7.23. The van der Waals surface area contributed by atoms with Crippen molar-refractivity contribution in [2.45, 2.75) is 58.3 Å². The van der Waals surface area contributed by atoms with Crippen LogP contribution in [0.2, 0.25) is 0 Å². The lowest BCUT2D eigenvalue weighted by molar-refractivity contribution is -0.143. The van der Waals surface area contributed by atoms with Gasteiger partial charge in [-0.1, -0.05) is 24.1 Å². The number of esters is 1. The number of allylic oxidation sites excluding steroid dienone is 2. The van der Waals surface area contributed by atoms with Gasteiger partial charge in [0.2, 0.25) is 0 Å². The van der Waals surface area contributed by atoms with Crippen molar-refractivity contribution in [3.05, 3.63) is 11.6 Å². The normalized spacial score (nSPS) is 16.5. The Kier molecular flexibility index (Phi) is 7.94. The van der Waals surface area contributed by atoms with E-state index in [2.05, 4.69) is 11.2 Å². The minimum atomic E-state index is -0.0736. The predicted molar refractivity (Wildman–Crippen MR) is 76.1 cm³/mol. The second kappa shape index (κ2) is 9.59. The van der Waals surface area contributed by atoms with Gasteiger partial charge in [-0.15, -0.1) is 0 Å². The van der Waals surface area contributed by atoms with E-state index in [9.17, 15) is 4.79 Å². The Balaban J connectivity index is 2.05. The molecule has 0 aromatic rings. The second-order valence-electron chi connectivity index (χ2n) is 4.71. The molecule has 0 aromatic carbocycles. The average Bonchev–Trinajstić information content (AvgIpc) is 2.82. The number of hydrogen-bond acceptors (Lipinski definition) is 4. The molecule has 0 heterocycles. The molecule has 0 fully saturated rings. The number of carbonyl (C=O) groups is 1. The van der Waals surface area contributed by atoms with Gasteiger partial charge in [-0.2, -0.15) is 0 Å². The molecule has 1 aliphatic carbocycles. The van der Waals surface area contributed by atoms with Crippen LogP contribution in [-0.2, 0) is 14.4 Å². The zero-order valence-corrected chi connectivity index (χ0v) is 12.1. The van der Waals surface area contributed by atoms with E-state index in [1.54, 1.807) is 7.11 Å². The molecule has 0 unspecified atom stereocenters. The van der Waals surface area contributed by atoms with Crippen LogP contribution in [0.25, 0.3) is 0 Å². The summed E-state index contributed by atoms with van der Waals surface area (Å²) in [5.74, 6) is -0.0736. The summed E-state index contributed by atoms with van der Waals surface area (Å²) in [7, 11) is 1.60. The first kappa shape index (κ1) is 15.7. The van der Waals surface area contributed by atoms with Crippen molar-refractivity contribution in [1.82, 2.24) is 0 Å². The Hall–Kier alpha value is -1.32. The molecule has 108 valence electrons. The third-order valence-corrected chi connectivity index (χ3v) is 3.23. The van der Waals surface area contributed by atoms with Gasteiger partial charge in [0.1, 0.15) is 7.11 Å². The molecule has 0 amide bonds. The quantitative estimate of drug-likeness (QED) is 0.364. The van der Waals surface area contributed by atoms with Crippen LogP contribution in [0.15, 0.2) is 16.8 Å². The monoisotopic (exact) mass is 267 g/mol. The first-order valence-corrected chi connectivity index (χ1v) is 7.23. The Bertz CT molecular complexity index is 334. The Morgan fingerprint density at radius 3 is 2.84 bits per heavy atom.